The lowest BCUT2D eigenvalue weighted by Gasteiger charge is -2.27. The zero-order chi connectivity index (χ0) is 21.1. The molecule has 3 heterocycles. The molecule has 0 bridgehead atoms. The van der Waals surface area contributed by atoms with Crippen LogP contribution in [0.4, 0.5) is 0 Å². The molecule has 1 aliphatic heterocycles. The molecule has 4 rings (SSSR count). The van der Waals surface area contributed by atoms with Crippen LogP contribution in [0.3, 0.4) is 0 Å². The predicted molar refractivity (Wildman–Crippen MR) is 117 cm³/mol. The zero-order valence-corrected chi connectivity index (χ0v) is 18.7. The third-order valence-corrected chi connectivity index (χ3v) is 6.22. The van der Waals surface area contributed by atoms with E-state index >= 15 is 0 Å². The number of para-hydroxylation sites is 2. The number of nitrogens with zero attached hydrogens (tertiary/aromatic N) is 3. The fourth-order valence-corrected chi connectivity index (χ4v) is 4.43. The lowest BCUT2D eigenvalue weighted by atomic mass is 10.2. The zero-order valence-electron chi connectivity index (χ0n) is 17.1. The van der Waals surface area contributed by atoms with Crippen molar-refractivity contribution in [3.05, 3.63) is 53.2 Å². The minimum Gasteiger partial charge on any atom is -0.486 e. The maximum atomic E-state index is 12.8. The van der Waals surface area contributed by atoms with Crippen LogP contribution < -0.4 is 9.47 Å². The van der Waals surface area contributed by atoms with Crippen molar-refractivity contribution in [2.75, 3.05) is 18.6 Å². The maximum Gasteiger partial charge on any atom is 0.277 e. The number of carbonyl (C=O) groups is 1. The third-order valence-electron chi connectivity index (χ3n) is 4.87. The Balaban J connectivity index is 1.41. The first-order chi connectivity index (χ1) is 14.5. The Bertz CT molecular complexity index is 1050. The van der Waals surface area contributed by atoms with E-state index in [0.717, 1.165) is 22.9 Å². The molecule has 1 aliphatic rings. The van der Waals surface area contributed by atoms with Crippen LogP contribution in [-0.2, 0) is 12.3 Å². The number of hydrogen-bond donors (Lipinski definition) is 0. The molecule has 7 nitrogen and oxygen atoms in total. The Morgan fingerprint density at radius 1 is 1.23 bits per heavy atom. The van der Waals surface area contributed by atoms with Crippen molar-refractivity contribution >= 4 is 29.3 Å². The molecule has 0 N–H and O–H groups in total. The number of Topliss-reactive ketones (excluding diaryl/α,β-unsaturated/α-hetero) is 1. The van der Waals surface area contributed by atoms with Crippen molar-refractivity contribution in [3.63, 3.8) is 0 Å². The van der Waals surface area contributed by atoms with Gasteiger partial charge in [-0.05, 0) is 38.3 Å². The molecule has 158 valence electrons. The number of rotatable bonds is 8. The van der Waals surface area contributed by atoms with Crippen molar-refractivity contribution in [1.82, 2.24) is 14.8 Å². The first-order valence-electron chi connectivity index (χ1n) is 9.57. The van der Waals surface area contributed by atoms with Gasteiger partial charge in [-0.3, -0.25) is 4.79 Å². The minimum absolute atomic E-state index is 0.0372. The van der Waals surface area contributed by atoms with Gasteiger partial charge in [0.2, 0.25) is 5.89 Å². The smallest absolute Gasteiger partial charge is 0.277 e. The van der Waals surface area contributed by atoms with Crippen LogP contribution in [0.1, 0.15) is 27.6 Å². The van der Waals surface area contributed by atoms with Crippen LogP contribution in [0.25, 0.3) is 0 Å². The van der Waals surface area contributed by atoms with Gasteiger partial charge in [-0.2, -0.15) is 11.8 Å². The van der Waals surface area contributed by atoms with E-state index in [4.69, 9.17) is 13.9 Å². The SMILES string of the molecule is CSCc1nnc(SCC(=O)c2cc(C)n(CC3COc4ccccc4O3)c2C)o1. The van der Waals surface area contributed by atoms with E-state index in [1.54, 1.807) is 11.8 Å². The van der Waals surface area contributed by atoms with Crippen molar-refractivity contribution in [3.8, 4) is 11.5 Å². The molecule has 0 amide bonds. The second-order valence-corrected chi connectivity index (χ2v) is 8.79. The van der Waals surface area contributed by atoms with Gasteiger partial charge in [0.1, 0.15) is 6.61 Å². The van der Waals surface area contributed by atoms with Crippen molar-refractivity contribution < 1.29 is 18.7 Å². The van der Waals surface area contributed by atoms with Crippen LogP contribution in [0.5, 0.6) is 11.5 Å². The number of carbonyl (C=O) groups excluding carboxylic acids is 1. The number of benzene rings is 1. The lowest BCUT2D eigenvalue weighted by Crippen LogP contribution is -2.33. The van der Waals surface area contributed by atoms with E-state index in [9.17, 15) is 4.79 Å². The molecule has 0 saturated heterocycles. The minimum atomic E-state index is -0.115. The number of fused-ring (bicyclic) bond motifs is 1. The molecule has 0 aliphatic carbocycles. The molecule has 9 heteroatoms. The number of aromatic nitrogens is 3. The predicted octanol–water partition coefficient (Wildman–Crippen LogP) is 4.17. The monoisotopic (exact) mass is 445 g/mol. The number of aryl methyl sites for hydroxylation is 1. The molecule has 2 aromatic heterocycles. The van der Waals surface area contributed by atoms with Crippen LogP contribution in [0.2, 0.25) is 0 Å². The highest BCUT2D eigenvalue weighted by atomic mass is 32.2. The summed E-state index contributed by atoms with van der Waals surface area (Å²) >= 11 is 2.88. The number of thioether (sulfide) groups is 2. The Morgan fingerprint density at radius 2 is 2.03 bits per heavy atom. The van der Waals surface area contributed by atoms with Crippen molar-refractivity contribution in [2.45, 2.75) is 37.5 Å². The molecule has 30 heavy (non-hydrogen) atoms. The fourth-order valence-electron chi connectivity index (χ4n) is 3.40. The summed E-state index contributed by atoms with van der Waals surface area (Å²) in [5, 5.41) is 8.38. The summed E-state index contributed by atoms with van der Waals surface area (Å²) in [7, 11) is 0. The normalized spacial score (nSPS) is 15.4. The molecule has 0 radical (unpaired) electrons. The summed E-state index contributed by atoms with van der Waals surface area (Å²) in [4.78, 5) is 12.8. The van der Waals surface area contributed by atoms with Gasteiger partial charge in [-0.15, -0.1) is 10.2 Å². The molecular weight excluding hydrogens is 422 g/mol. The van der Waals surface area contributed by atoms with Crippen molar-refractivity contribution in [1.29, 1.82) is 0 Å². The van der Waals surface area contributed by atoms with Gasteiger partial charge >= 0.3 is 0 Å². The Labute approximate surface area is 183 Å². The van der Waals surface area contributed by atoms with Gasteiger partial charge in [0.15, 0.2) is 23.4 Å². The van der Waals surface area contributed by atoms with E-state index in [1.165, 1.54) is 11.8 Å². The van der Waals surface area contributed by atoms with Gasteiger partial charge in [-0.25, -0.2) is 0 Å². The van der Waals surface area contributed by atoms with E-state index in [1.807, 2.05) is 50.4 Å². The highest BCUT2D eigenvalue weighted by Gasteiger charge is 2.24. The second-order valence-electron chi connectivity index (χ2n) is 7.00. The van der Waals surface area contributed by atoms with E-state index in [2.05, 4.69) is 14.8 Å². The Hall–Kier alpha value is -2.39. The fraction of sp³-hybridized carbons (Fsp3) is 0.381. The van der Waals surface area contributed by atoms with Crippen LogP contribution in [0.15, 0.2) is 40.0 Å². The topological polar surface area (TPSA) is 79.4 Å². The van der Waals surface area contributed by atoms with Crippen LogP contribution in [-0.4, -0.2) is 45.3 Å². The lowest BCUT2D eigenvalue weighted by molar-refractivity contribution is 0.0777. The first-order valence-corrected chi connectivity index (χ1v) is 12.0. The largest absolute Gasteiger partial charge is 0.486 e. The number of ether oxygens (including phenoxy) is 2. The van der Waals surface area contributed by atoms with E-state index in [-0.39, 0.29) is 17.6 Å². The summed E-state index contributed by atoms with van der Waals surface area (Å²) in [5.41, 5.74) is 2.65. The third kappa shape index (κ3) is 4.52. The molecule has 1 atom stereocenters. The first kappa shape index (κ1) is 20.9. The standard InChI is InChI=1S/C21H23N3O4S2/c1-13-8-16(17(25)11-30-21-23-22-20(28-21)12-29-3)14(2)24(13)9-15-10-26-18-6-4-5-7-19(18)27-15/h4-8,15H,9-12H2,1-3H3. The Morgan fingerprint density at radius 3 is 2.83 bits per heavy atom. The van der Waals surface area contributed by atoms with Crippen LogP contribution >= 0.6 is 23.5 Å². The number of hydrogen-bond acceptors (Lipinski definition) is 8. The van der Waals surface area contributed by atoms with Gasteiger partial charge in [-0.1, -0.05) is 23.9 Å². The summed E-state index contributed by atoms with van der Waals surface area (Å²) in [6.07, 6.45) is 1.86. The molecule has 0 spiro atoms. The van der Waals surface area contributed by atoms with Gasteiger partial charge < -0.3 is 18.5 Å². The Kier molecular flexibility index (Phi) is 6.38. The quantitative estimate of drug-likeness (QED) is 0.378. The highest BCUT2D eigenvalue weighted by molar-refractivity contribution is 7.99. The summed E-state index contributed by atoms with van der Waals surface area (Å²) < 4.78 is 19.5. The van der Waals surface area contributed by atoms with Gasteiger partial charge in [0, 0.05) is 17.0 Å². The van der Waals surface area contributed by atoms with E-state index in [0.29, 0.717) is 35.6 Å². The average Bonchev–Trinajstić information content (AvgIpc) is 3.31. The molecule has 3 aromatic rings. The van der Waals surface area contributed by atoms with E-state index < -0.39 is 0 Å². The molecule has 0 fully saturated rings. The summed E-state index contributed by atoms with van der Waals surface area (Å²) in [6, 6.07) is 9.60. The van der Waals surface area contributed by atoms with Gasteiger partial charge in [0.25, 0.3) is 5.22 Å². The van der Waals surface area contributed by atoms with Gasteiger partial charge in [0.05, 0.1) is 18.1 Å². The molecule has 0 saturated carbocycles. The highest BCUT2D eigenvalue weighted by Crippen LogP contribution is 2.31. The summed E-state index contributed by atoms with van der Waals surface area (Å²) in [5.74, 6) is 3.05. The van der Waals surface area contributed by atoms with Crippen molar-refractivity contribution in [2.24, 2.45) is 0 Å². The molecule has 1 aromatic carbocycles. The molecule has 1 unspecified atom stereocenters. The maximum absolute atomic E-state index is 12.8. The number of ketones is 1. The average molecular weight is 446 g/mol. The second kappa shape index (κ2) is 9.18. The summed E-state index contributed by atoms with van der Waals surface area (Å²) in [6.45, 7) is 5.06. The molecular formula is C21H23N3O4S2. The van der Waals surface area contributed by atoms with Crippen LogP contribution in [0, 0.1) is 13.8 Å².